The number of fused-ring (bicyclic) bond motifs is 1. The highest BCUT2D eigenvalue weighted by atomic mass is 19.1. The molecule has 0 aliphatic rings. The van der Waals surface area contributed by atoms with E-state index >= 15 is 0 Å². The summed E-state index contributed by atoms with van der Waals surface area (Å²) in [7, 11) is 0. The van der Waals surface area contributed by atoms with E-state index in [9.17, 15) is 9.18 Å². The van der Waals surface area contributed by atoms with Gasteiger partial charge in [-0.25, -0.2) is 4.39 Å². The average molecular weight is 178 g/mol. The first-order chi connectivity index (χ1) is 6.20. The summed E-state index contributed by atoms with van der Waals surface area (Å²) in [5, 5.41) is 0.535. The van der Waals surface area contributed by atoms with Gasteiger partial charge in [-0.05, 0) is 25.1 Å². The van der Waals surface area contributed by atoms with E-state index in [0.29, 0.717) is 11.0 Å². The van der Waals surface area contributed by atoms with Crippen LogP contribution in [0.25, 0.3) is 11.0 Å². The Kier molecular flexibility index (Phi) is 1.65. The van der Waals surface area contributed by atoms with Crippen LogP contribution in [0.2, 0.25) is 0 Å². The van der Waals surface area contributed by atoms with Crippen molar-refractivity contribution in [1.82, 2.24) is 0 Å². The van der Waals surface area contributed by atoms with E-state index in [1.54, 1.807) is 6.07 Å². The quantitative estimate of drug-likeness (QED) is 0.628. The van der Waals surface area contributed by atoms with E-state index in [-0.39, 0.29) is 11.3 Å². The fraction of sp³-hybridized carbons (Fsp3) is 0.100. The molecule has 0 saturated carbocycles. The van der Waals surface area contributed by atoms with Gasteiger partial charge in [-0.3, -0.25) is 4.79 Å². The number of benzene rings is 1. The number of carbonyl (C=O) groups excluding carboxylic acids is 1. The van der Waals surface area contributed by atoms with E-state index < -0.39 is 5.82 Å². The van der Waals surface area contributed by atoms with Gasteiger partial charge in [-0.15, -0.1) is 0 Å². The van der Waals surface area contributed by atoms with E-state index in [2.05, 4.69) is 0 Å². The van der Waals surface area contributed by atoms with Crippen LogP contribution < -0.4 is 0 Å². The largest absolute Gasteiger partial charge is 0.464 e. The second-order valence-electron chi connectivity index (χ2n) is 2.81. The standard InChI is InChI=1S/C10H7FO2/c1-6(12)10-7-4-5-13-9(7)3-2-8(10)11/h2-5H,1H3. The molecule has 1 aromatic carbocycles. The first-order valence-corrected chi connectivity index (χ1v) is 3.87. The summed E-state index contributed by atoms with van der Waals surface area (Å²) in [5.41, 5.74) is 0.637. The first-order valence-electron chi connectivity index (χ1n) is 3.87. The molecule has 0 bridgehead atoms. The molecule has 0 aliphatic carbocycles. The number of Topliss-reactive ketones (excluding diaryl/α,β-unsaturated/α-hetero) is 1. The number of halogens is 1. The minimum atomic E-state index is -0.499. The smallest absolute Gasteiger partial charge is 0.163 e. The molecule has 0 amide bonds. The maximum Gasteiger partial charge on any atom is 0.163 e. The summed E-state index contributed by atoms with van der Waals surface area (Å²) >= 11 is 0. The Morgan fingerprint density at radius 1 is 1.38 bits per heavy atom. The van der Waals surface area contributed by atoms with Gasteiger partial charge in [-0.1, -0.05) is 0 Å². The van der Waals surface area contributed by atoms with Crippen LogP contribution in [0.4, 0.5) is 4.39 Å². The lowest BCUT2D eigenvalue weighted by molar-refractivity contribution is 0.101. The summed E-state index contributed by atoms with van der Waals surface area (Å²) in [5.74, 6) is -0.786. The SMILES string of the molecule is CC(=O)c1c(F)ccc2occc12. The molecule has 2 rings (SSSR count). The first kappa shape index (κ1) is 7.98. The van der Waals surface area contributed by atoms with Gasteiger partial charge >= 0.3 is 0 Å². The maximum absolute atomic E-state index is 13.2. The van der Waals surface area contributed by atoms with Gasteiger partial charge in [0.25, 0.3) is 0 Å². The molecule has 2 aromatic rings. The van der Waals surface area contributed by atoms with Crippen LogP contribution in [0.5, 0.6) is 0 Å². The van der Waals surface area contributed by atoms with Gasteiger partial charge in [0, 0.05) is 5.39 Å². The zero-order valence-electron chi connectivity index (χ0n) is 7.00. The third-order valence-corrected chi connectivity index (χ3v) is 1.94. The molecule has 0 atom stereocenters. The van der Waals surface area contributed by atoms with Crippen molar-refractivity contribution in [3.05, 3.63) is 35.8 Å². The van der Waals surface area contributed by atoms with Crippen molar-refractivity contribution in [2.45, 2.75) is 6.92 Å². The lowest BCUT2D eigenvalue weighted by Gasteiger charge is -1.98. The zero-order chi connectivity index (χ0) is 9.42. The highest BCUT2D eigenvalue weighted by molar-refractivity contribution is 6.06. The van der Waals surface area contributed by atoms with Crippen molar-refractivity contribution < 1.29 is 13.6 Å². The molecule has 0 fully saturated rings. The normalized spacial score (nSPS) is 10.6. The van der Waals surface area contributed by atoms with E-state index in [0.717, 1.165) is 0 Å². The number of hydrogen-bond acceptors (Lipinski definition) is 2. The van der Waals surface area contributed by atoms with Crippen LogP contribution >= 0.6 is 0 Å². The Balaban J connectivity index is 2.88. The highest BCUT2D eigenvalue weighted by Gasteiger charge is 2.12. The summed E-state index contributed by atoms with van der Waals surface area (Å²) in [6.45, 7) is 1.34. The van der Waals surface area contributed by atoms with Crippen molar-refractivity contribution in [3.63, 3.8) is 0 Å². The number of ketones is 1. The fourth-order valence-corrected chi connectivity index (χ4v) is 1.38. The minimum Gasteiger partial charge on any atom is -0.464 e. The van der Waals surface area contributed by atoms with Gasteiger partial charge in [0.2, 0.25) is 0 Å². The Labute approximate surface area is 74.0 Å². The van der Waals surface area contributed by atoms with Gasteiger partial charge in [0.15, 0.2) is 5.78 Å². The zero-order valence-corrected chi connectivity index (χ0v) is 7.00. The highest BCUT2D eigenvalue weighted by Crippen LogP contribution is 2.22. The van der Waals surface area contributed by atoms with Crippen molar-refractivity contribution in [2.75, 3.05) is 0 Å². The van der Waals surface area contributed by atoms with Crippen LogP contribution in [0.3, 0.4) is 0 Å². The van der Waals surface area contributed by atoms with Gasteiger partial charge < -0.3 is 4.42 Å². The Hall–Kier alpha value is -1.64. The Morgan fingerprint density at radius 3 is 2.85 bits per heavy atom. The molecule has 0 saturated heterocycles. The topological polar surface area (TPSA) is 30.2 Å². The third-order valence-electron chi connectivity index (χ3n) is 1.94. The molecule has 66 valence electrons. The lowest BCUT2D eigenvalue weighted by Crippen LogP contribution is -1.96. The molecule has 0 N–H and O–H groups in total. The van der Waals surface area contributed by atoms with Crippen molar-refractivity contribution in [2.24, 2.45) is 0 Å². The lowest BCUT2D eigenvalue weighted by atomic mass is 10.1. The van der Waals surface area contributed by atoms with Gasteiger partial charge in [-0.2, -0.15) is 0 Å². The Bertz CT molecular complexity index is 471. The second kappa shape index (κ2) is 2.69. The van der Waals surface area contributed by atoms with Crippen LogP contribution in [0.1, 0.15) is 17.3 Å². The number of carbonyl (C=O) groups is 1. The number of furan rings is 1. The molecule has 13 heavy (non-hydrogen) atoms. The second-order valence-corrected chi connectivity index (χ2v) is 2.81. The molecule has 3 heteroatoms. The summed E-state index contributed by atoms with van der Waals surface area (Å²) in [6, 6.07) is 4.34. The molecular weight excluding hydrogens is 171 g/mol. The minimum absolute atomic E-state index is 0.103. The molecule has 0 spiro atoms. The van der Waals surface area contributed by atoms with Gasteiger partial charge in [0.05, 0.1) is 11.8 Å². The van der Waals surface area contributed by atoms with Crippen LogP contribution in [0.15, 0.2) is 28.9 Å². The van der Waals surface area contributed by atoms with Crippen molar-refractivity contribution >= 4 is 16.8 Å². The molecule has 0 unspecified atom stereocenters. The summed E-state index contributed by atoms with van der Waals surface area (Å²) < 4.78 is 18.2. The van der Waals surface area contributed by atoms with E-state index in [1.807, 2.05) is 0 Å². The van der Waals surface area contributed by atoms with E-state index in [1.165, 1.54) is 25.3 Å². The summed E-state index contributed by atoms with van der Waals surface area (Å²) in [6.07, 6.45) is 1.44. The predicted octanol–water partition coefficient (Wildman–Crippen LogP) is 2.77. The summed E-state index contributed by atoms with van der Waals surface area (Å²) in [4.78, 5) is 11.1. The molecule has 1 heterocycles. The van der Waals surface area contributed by atoms with Crippen LogP contribution in [-0.4, -0.2) is 5.78 Å². The van der Waals surface area contributed by atoms with Crippen molar-refractivity contribution in [1.29, 1.82) is 0 Å². The number of rotatable bonds is 1. The average Bonchev–Trinajstić information content (AvgIpc) is 2.50. The Morgan fingerprint density at radius 2 is 2.15 bits per heavy atom. The molecule has 0 aliphatic heterocycles. The third kappa shape index (κ3) is 1.13. The monoisotopic (exact) mass is 178 g/mol. The van der Waals surface area contributed by atoms with Crippen LogP contribution in [-0.2, 0) is 0 Å². The number of hydrogen-bond donors (Lipinski definition) is 0. The van der Waals surface area contributed by atoms with Crippen LogP contribution in [0, 0.1) is 5.82 Å². The van der Waals surface area contributed by atoms with E-state index in [4.69, 9.17) is 4.42 Å². The maximum atomic E-state index is 13.2. The molecule has 0 radical (unpaired) electrons. The fourth-order valence-electron chi connectivity index (χ4n) is 1.38. The molecule has 1 aromatic heterocycles. The molecular formula is C10H7FO2. The molecule has 2 nitrogen and oxygen atoms in total. The van der Waals surface area contributed by atoms with Gasteiger partial charge in [0.1, 0.15) is 11.4 Å². The predicted molar refractivity (Wildman–Crippen MR) is 46.2 cm³/mol. The van der Waals surface area contributed by atoms with Crippen molar-refractivity contribution in [3.8, 4) is 0 Å².